The molecule has 1 aromatic carbocycles. The molecule has 112 valence electrons. The predicted molar refractivity (Wildman–Crippen MR) is 87.5 cm³/mol. The Morgan fingerprint density at radius 2 is 2.00 bits per heavy atom. The molecule has 0 aliphatic heterocycles. The van der Waals surface area contributed by atoms with Crippen LogP contribution in [0.1, 0.15) is 23.5 Å². The van der Waals surface area contributed by atoms with Gasteiger partial charge in [0.2, 0.25) is 5.91 Å². The summed E-state index contributed by atoms with van der Waals surface area (Å²) in [6.45, 7) is 3.63. The van der Waals surface area contributed by atoms with E-state index >= 15 is 0 Å². The van der Waals surface area contributed by atoms with Crippen molar-refractivity contribution in [1.82, 2.24) is 10.6 Å². The van der Waals surface area contributed by atoms with Crippen LogP contribution in [0.5, 0.6) is 0 Å². The first-order chi connectivity index (χ1) is 9.88. The van der Waals surface area contributed by atoms with E-state index < -0.39 is 0 Å². The van der Waals surface area contributed by atoms with E-state index in [0.29, 0.717) is 14.9 Å². The van der Waals surface area contributed by atoms with Crippen LogP contribution in [0, 0.1) is 0 Å². The molecule has 4 nitrogen and oxygen atoms in total. The van der Waals surface area contributed by atoms with Gasteiger partial charge in [-0.2, -0.15) is 0 Å². The number of hydrogen-bond donors (Lipinski definition) is 2. The lowest BCUT2D eigenvalue weighted by Gasteiger charge is -2.08. The van der Waals surface area contributed by atoms with Crippen molar-refractivity contribution >= 4 is 56.4 Å². The Bertz CT molecular complexity index is 698. The molecular formula is C14H14Cl2N2O2S. The van der Waals surface area contributed by atoms with Gasteiger partial charge < -0.3 is 10.6 Å². The second-order valence-corrected chi connectivity index (χ2v) is 6.66. The molecule has 0 aliphatic carbocycles. The lowest BCUT2D eigenvalue weighted by atomic mass is 10.2. The Kier molecular flexibility index (Phi) is 5.08. The summed E-state index contributed by atoms with van der Waals surface area (Å²) < 4.78 is 0.837. The summed E-state index contributed by atoms with van der Waals surface area (Å²) in [4.78, 5) is 24.0. The molecule has 0 unspecified atom stereocenters. The molecule has 0 bridgehead atoms. The highest BCUT2D eigenvalue weighted by Gasteiger charge is 2.18. The van der Waals surface area contributed by atoms with Crippen LogP contribution in [-0.4, -0.2) is 24.4 Å². The van der Waals surface area contributed by atoms with Crippen LogP contribution in [0.15, 0.2) is 18.2 Å². The van der Waals surface area contributed by atoms with E-state index in [1.165, 1.54) is 11.3 Å². The van der Waals surface area contributed by atoms with Crippen LogP contribution >= 0.6 is 34.5 Å². The first kappa shape index (κ1) is 16.1. The summed E-state index contributed by atoms with van der Waals surface area (Å²) >= 11 is 13.4. The molecule has 0 atom stereocenters. The molecule has 0 fully saturated rings. The summed E-state index contributed by atoms with van der Waals surface area (Å²) in [6, 6.07) is 5.29. The molecule has 21 heavy (non-hydrogen) atoms. The molecule has 2 N–H and O–H groups in total. The van der Waals surface area contributed by atoms with Gasteiger partial charge in [-0.05, 0) is 26.0 Å². The number of thiophene rings is 1. The molecular weight excluding hydrogens is 331 g/mol. The van der Waals surface area contributed by atoms with Crippen molar-refractivity contribution < 1.29 is 9.59 Å². The number of benzene rings is 1. The third-order valence-electron chi connectivity index (χ3n) is 2.66. The Balaban J connectivity index is 2.13. The summed E-state index contributed by atoms with van der Waals surface area (Å²) in [5.74, 6) is -0.602. The normalized spacial score (nSPS) is 10.9. The lowest BCUT2D eigenvalue weighted by Crippen LogP contribution is -2.39. The smallest absolute Gasteiger partial charge is 0.263 e. The maximum Gasteiger partial charge on any atom is 0.263 e. The van der Waals surface area contributed by atoms with Gasteiger partial charge in [-0.1, -0.05) is 29.3 Å². The van der Waals surface area contributed by atoms with Crippen molar-refractivity contribution in [3.05, 3.63) is 33.1 Å². The molecule has 2 aromatic rings. The Morgan fingerprint density at radius 3 is 2.67 bits per heavy atom. The SMILES string of the molecule is CC(C)NC(=O)CNC(=O)c1sc2cc(Cl)ccc2c1Cl. The number of carbonyl (C=O) groups excluding carboxylic acids is 2. The molecule has 0 saturated heterocycles. The van der Waals surface area contributed by atoms with Gasteiger partial charge in [-0.15, -0.1) is 11.3 Å². The van der Waals surface area contributed by atoms with Gasteiger partial charge in [0.05, 0.1) is 11.6 Å². The number of rotatable bonds is 4. The van der Waals surface area contributed by atoms with E-state index in [2.05, 4.69) is 10.6 Å². The van der Waals surface area contributed by atoms with E-state index in [1.54, 1.807) is 18.2 Å². The van der Waals surface area contributed by atoms with Gasteiger partial charge in [0.1, 0.15) is 4.88 Å². The Labute approximate surface area is 136 Å². The van der Waals surface area contributed by atoms with Crippen molar-refractivity contribution in [2.75, 3.05) is 6.54 Å². The largest absolute Gasteiger partial charge is 0.352 e. The molecule has 1 aromatic heterocycles. The van der Waals surface area contributed by atoms with Crippen molar-refractivity contribution in [3.8, 4) is 0 Å². The molecule has 0 spiro atoms. The number of halogens is 2. The van der Waals surface area contributed by atoms with Gasteiger partial charge in [0, 0.05) is 21.2 Å². The minimum atomic E-state index is -0.365. The zero-order valence-corrected chi connectivity index (χ0v) is 13.8. The minimum absolute atomic E-state index is 0.0319. The zero-order valence-electron chi connectivity index (χ0n) is 11.5. The van der Waals surface area contributed by atoms with E-state index in [0.717, 1.165) is 10.1 Å². The summed E-state index contributed by atoms with van der Waals surface area (Å²) in [6.07, 6.45) is 0. The monoisotopic (exact) mass is 344 g/mol. The van der Waals surface area contributed by atoms with Gasteiger partial charge in [-0.25, -0.2) is 0 Å². The summed E-state index contributed by atoms with van der Waals surface area (Å²) in [5.41, 5.74) is 0. The molecule has 2 rings (SSSR count). The summed E-state index contributed by atoms with van der Waals surface area (Å²) in [5, 5.41) is 7.01. The van der Waals surface area contributed by atoms with Crippen molar-refractivity contribution in [1.29, 1.82) is 0 Å². The highest BCUT2D eigenvalue weighted by Crippen LogP contribution is 2.36. The van der Waals surface area contributed by atoms with E-state index in [9.17, 15) is 9.59 Å². The van der Waals surface area contributed by atoms with Crippen molar-refractivity contribution in [2.24, 2.45) is 0 Å². The van der Waals surface area contributed by atoms with Crippen LogP contribution in [0.25, 0.3) is 10.1 Å². The maximum absolute atomic E-state index is 12.1. The highest BCUT2D eigenvalue weighted by atomic mass is 35.5. The van der Waals surface area contributed by atoms with Gasteiger partial charge in [0.15, 0.2) is 0 Å². The van der Waals surface area contributed by atoms with E-state index in [1.807, 2.05) is 13.8 Å². The van der Waals surface area contributed by atoms with E-state index in [4.69, 9.17) is 23.2 Å². The molecule has 0 saturated carbocycles. The number of fused-ring (bicyclic) bond motifs is 1. The van der Waals surface area contributed by atoms with Crippen LogP contribution in [0.3, 0.4) is 0 Å². The van der Waals surface area contributed by atoms with Gasteiger partial charge in [-0.3, -0.25) is 9.59 Å². The second kappa shape index (κ2) is 6.64. The number of hydrogen-bond acceptors (Lipinski definition) is 3. The van der Waals surface area contributed by atoms with Gasteiger partial charge in [0.25, 0.3) is 5.91 Å². The standard InChI is InChI=1S/C14H14Cl2N2O2S/c1-7(2)18-11(19)6-17-14(20)13-12(16)9-4-3-8(15)5-10(9)21-13/h3-5,7H,6H2,1-2H3,(H,17,20)(H,18,19). The number of carbonyl (C=O) groups is 2. The number of amides is 2. The van der Waals surface area contributed by atoms with Crippen LogP contribution < -0.4 is 10.6 Å². The Hall–Kier alpha value is -1.30. The quantitative estimate of drug-likeness (QED) is 0.892. The minimum Gasteiger partial charge on any atom is -0.352 e. The predicted octanol–water partition coefficient (Wildman–Crippen LogP) is 3.46. The van der Waals surface area contributed by atoms with Crippen LogP contribution in [0.4, 0.5) is 0 Å². The van der Waals surface area contributed by atoms with Crippen LogP contribution in [-0.2, 0) is 4.79 Å². The third kappa shape index (κ3) is 3.87. The molecule has 7 heteroatoms. The van der Waals surface area contributed by atoms with Crippen LogP contribution in [0.2, 0.25) is 10.0 Å². The fraction of sp³-hybridized carbons (Fsp3) is 0.286. The number of nitrogens with one attached hydrogen (secondary N) is 2. The second-order valence-electron chi connectivity index (χ2n) is 4.79. The Morgan fingerprint density at radius 1 is 1.29 bits per heavy atom. The average molecular weight is 345 g/mol. The molecule has 1 heterocycles. The lowest BCUT2D eigenvalue weighted by molar-refractivity contribution is -0.120. The molecule has 2 amide bonds. The molecule has 0 radical (unpaired) electrons. The molecule has 0 aliphatic rings. The first-order valence-corrected chi connectivity index (χ1v) is 7.91. The maximum atomic E-state index is 12.1. The zero-order chi connectivity index (χ0) is 15.6. The van der Waals surface area contributed by atoms with Gasteiger partial charge >= 0.3 is 0 Å². The van der Waals surface area contributed by atoms with E-state index in [-0.39, 0.29) is 24.4 Å². The highest BCUT2D eigenvalue weighted by molar-refractivity contribution is 7.21. The fourth-order valence-electron chi connectivity index (χ4n) is 1.80. The fourth-order valence-corrected chi connectivity index (χ4v) is 3.51. The topological polar surface area (TPSA) is 58.2 Å². The summed E-state index contributed by atoms with van der Waals surface area (Å²) in [7, 11) is 0. The average Bonchev–Trinajstić information content (AvgIpc) is 2.72. The first-order valence-electron chi connectivity index (χ1n) is 6.33. The third-order valence-corrected chi connectivity index (χ3v) is 4.55. The van der Waals surface area contributed by atoms with Crippen molar-refractivity contribution in [3.63, 3.8) is 0 Å². The van der Waals surface area contributed by atoms with Crippen molar-refractivity contribution in [2.45, 2.75) is 19.9 Å².